The number of nitrogens with zero attached hydrogens (tertiary/aromatic N) is 2. The summed E-state index contributed by atoms with van der Waals surface area (Å²) in [6.45, 7) is 0. The fourth-order valence-electron chi connectivity index (χ4n) is 5.08. The van der Waals surface area contributed by atoms with E-state index in [0.717, 1.165) is 39.5 Å². The second kappa shape index (κ2) is 7.96. The number of ketones is 2. The van der Waals surface area contributed by atoms with Crippen LogP contribution in [0.15, 0.2) is 60.2 Å². The molecular formula is C27H21BN2O2S. The van der Waals surface area contributed by atoms with Gasteiger partial charge in [0, 0.05) is 28.4 Å². The van der Waals surface area contributed by atoms with Crippen LogP contribution in [0, 0.1) is 0 Å². The lowest BCUT2D eigenvalue weighted by Gasteiger charge is -2.25. The van der Waals surface area contributed by atoms with E-state index in [1.165, 1.54) is 19.3 Å². The minimum Gasteiger partial charge on any atom is -0.322 e. The highest BCUT2D eigenvalue weighted by Gasteiger charge is 2.34. The Hall–Kier alpha value is -3.25. The third-order valence-corrected chi connectivity index (χ3v) is 7.74. The summed E-state index contributed by atoms with van der Waals surface area (Å²) in [5, 5.41) is 0.986. The van der Waals surface area contributed by atoms with Gasteiger partial charge in [-0.2, -0.15) is 0 Å². The highest BCUT2D eigenvalue weighted by molar-refractivity contribution is 7.21. The molecule has 1 fully saturated rings. The van der Waals surface area contributed by atoms with Gasteiger partial charge < -0.3 is 4.57 Å². The zero-order chi connectivity index (χ0) is 22.5. The average molecular weight is 448 g/mol. The second-order valence-corrected chi connectivity index (χ2v) is 9.86. The summed E-state index contributed by atoms with van der Waals surface area (Å²) < 4.78 is 3.34. The Labute approximate surface area is 197 Å². The number of aromatic nitrogens is 2. The molecule has 0 N–H and O–H groups in total. The topological polar surface area (TPSA) is 52.0 Å². The van der Waals surface area contributed by atoms with E-state index >= 15 is 0 Å². The van der Waals surface area contributed by atoms with Crippen LogP contribution >= 0.6 is 11.3 Å². The van der Waals surface area contributed by atoms with Gasteiger partial charge in [0.1, 0.15) is 12.9 Å². The number of carbonyl (C=O) groups excluding carboxylic acids is 2. The van der Waals surface area contributed by atoms with Crippen molar-refractivity contribution in [3.8, 4) is 10.6 Å². The van der Waals surface area contributed by atoms with E-state index < -0.39 is 0 Å². The number of benzene rings is 2. The summed E-state index contributed by atoms with van der Waals surface area (Å²) in [4.78, 5) is 31.1. The first-order valence-electron chi connectivity index (χ1n) is 11.4. The van der Waals surface area contributed by atoms with Crippen LogP contribution in [-0.4, -0.2) is 29.0 Å². The maximum absolute atomic E-state index is 13.1. The summed E-state index contributed by atoms with van der Waals surface area (Å²) in [5.41, 5.74) is 4.45. The monoisotopic (exact) mass is 448 g/mol. The van der Waals surface area contributed by atoms with E-state index in [9.17, 15) is 9.59 Å². The van der Waals surface area contributed by atoms with Crippen molar-refractivity contribution in [2.75, 3.05) is 0 Å². The van der Waals surface area contributed by atoms with Gasteiger partial charge in [-0.15, -0.1) is 11.3 Å². The van der Waals surface area contributed by atoms with Crippen LogP contribution < -0.4 is 5.46 Å². The predicted molar refractivity (Wildman–Crippen MR) is 134 cm³/mol. The van der Waals surface area contributed by atoms with E-state index in [1.54, 1.807) is 35.6 Å². The molecule has 33 heavy (non-hydrogen) atoms. The zero-order valence-electron chi connectivity index (χ0n) is 18.1. The number of hydrogen-bond acceptors (Lipinski definition) is 4. The molecule has 2 aromatic heterocycles. The lowest BCUT2D eigenvalue weighted by molar-refractivity contribution is 0.0990. The number of allylic oxidation sites excluding steroid dienone is 1. The SMILES string of the molecule is [B]c1ccc2c(c1)C(=O)/C(=C\c1cc3sc(-c4ccccc4)nc3n1C1CCCCC1)C2=O. The van der Waals surface area contributed by atoms with Crippen LogP contribution in [0.2, 0.25) is 0 Å². The summed E-state index contributed by atoms with van der Waals surface area (Å²) in [7, 11) is 5.86. The van der Waals surface area contributed by atoms with Crippen molar-refractivity contribution in [1.29, 1.82) is 0 Å². The molecule has 4 nitrogen and oxygen atoms in total. The van der Waals surface area contributed by atoms with Crippen molar-refractivity contribution >= 4 is 52.6 Å². The number of rotatable bonds is 3. The van der Waals surface area contributed by atoms with Crippen LogP contribution in [0.25, 0.3) is 27.0 Å². The van der Waals surface area contributed by atoms with Gasteiger partial charge in [0.15, 0.2) is 17.2 Å². The fraction of sp³-hybridized carbons (Fsp3) is 0.222. The predicted octanol–water partition coefficient (Wildman–Crippen LogP) is 5.53. The third-order valence-electron chi connectivity index (χ3n) is 6.69. The quantitative estimate of drug-likeness (QED) is 0.235. The Morgan fingerprint density at radius 3 is 2.48 bits per heavy atom. The largest absolute Gasteiger partial charge is 0.322 e. The number of Topliss-reactive ketones (excluding diaryl/α,β-unsaturated/α-hetero) is 2. The Bertz CT molecular complexity index is 1440. The minimum absolute atomic E-state index is 0.209. The first-order chi connectivity index (χ1) is 16.1. The standard InChI is InChI=1S/C27H21BN2O2S/c28-17-11-12-20-21(13-17)25(32)22(24(20)31)14-19-15-23-26(30(19)18-9-5-2-6-10-18)29-27(33-23)16-7-3-1-4-8-16/h1,3-4,7-8,11-15,18H,2,5-6,9-10H2/b22-14-. The van der Waals surface area contributed by atoms with Crippen molar-refractivity contribution in [1.82, 2.24) is 9.55 Å². The van der Waals surface area contributed by atoms with E-state index in [1.807, 2.05) is 18.2 Å². The Morgan fingerprint density at radius 2 is 1.70 bits per heavy atom. The lowest BCUT2D eigenvalue weighted by Crippen LogP contribution is -2.14. The van der Waals surface area contributed by atoms with Crippen molar-refractivity contribution < 1.29 is 9.59 Å². The highest BCUT2D eigenvalue weighted by Crippen LogP contribution is 2.39. The molecule has 2 aliphatic carbocycles. The van der Waals surface area contributed by atoms with E-state index in [2.05, 4.69) is 22.8 Å². The van der Waals surface area contributed by atoms with Gasteiger partial charge >= 0.3 is 0 Å². The molecule has 6 heteroatoms. The molecule has 0 spiro atoms. The van der Waals surface area contributed by atoms with Crippen LogP contribution in [0.5, 0.6) is 0 Å². The number of carbonyl (C=O) groups is 2. The fourth-order valence-corrected chi connectivity index (χ4v) is 6.08. The number of thiazole rings is 1. The van der Waals surface area contributed by atoms with E-state index in [-0.39, 0.29) is 17.1 Å². The first-order valence-corrected chi connectivity index (χ1v) is 12.2. The van der Waals surface area contributed by atoms with Crippen LogP contribution in [0.3, 0.4) is 0 Å². The molecule has 0 aliphatic heterocycles. The molecule has 6 rings (SSSR count). The molecule has 4 aromatic rings. The Balaban J connectivity index is 1.49. The van der Waals surface area contributed by atoms with Crippen LogP contribution in [0.1, 0.15) is 64.6 Å². The van der Waals surface area contributed by atoms with E-state index in [0.29, 0.717) is 22.6 Å². The molecule has 2 aliphatic rings. The van der Waals surface area contributed by atoms with Crippen LogP contribution in [-0.2, 0) is 0 Å². The summed E-state index contributed by atoms with van der Waals surface area (Å²) in [5.74, 6) is -0.479. The molecule has 160 valence electrons. The van der Waals surface area contributed by atoms with Gasteiger partial charge in [0.05, 0.1) is 10.3 Å². The molecule has 0 bridgehead atoms. The smallest absolute Gasteiger partial charge is 0.197 e. The third kappa shape index (κ3) is 3.40. The average Bonchev–Trinajstić information content (AvgIpc) is 3.46. The summed E-state index contributed by atoms with van der Waals surface area (Å²) >= 11 is 1.65. The number of hydrogen-bond donors (Lipinski definition) is 0. The second-order valence-electron chi connectivity index (χ2n) is 8.83. The van der Waals surface area contributed by atoms with Crippen molar-refractivity contribution in [2.45, 2.75) is 38.1 Å². The molecule has 2 aromatic carbocycles. The number of fused-ring (bicyclic) bond motifs is 2. The maximum Gasteiger partial charge on any atom is 0.197 e. The molecule has 0 saturated heterocycles. The molecule has 2 radical (unpaired) electrons. The van der Waals surface area contributed by atoms with Crippen LogP contribution in [0.4, 0.5) is 0 Å². The first kappa shape index (κ1) is 20.4. The van der Waals surface area contributed by atoms with Crippen molar-refractivity contribution in [3.63, 3.8) is 0 Å². The van der Waals surface area contributed by atoms with Gasteiger partial charge in [-0.05, 0) is 25.0 Å². The molecule has 2 heterocycles. The lowest BCUT2D eigenvalue weighted by atomic mass is 9.92. The summed E-state index contributed by atoms with van der Waals surface area (Å²) in [6, 6.07) is 17.5. The molecule has 0 unspecified atom stereocenters. The molecular weight excluding hydrogens is 427 g/mol. The van der Waals surface area contributed by atoms with Crippen molar-refractivity contribution in [2.24, 2.45) is 0 Å². The minimum atomic E-state index is -0.250. The normalized spacial score (nSPS) is 17.9. The zero-order valence-corrected chi connectivity index (χ0v) is 18.9. The van der Waals surface area contributed by atoms with E-state index in [4.69, 9.17) is 12.8 Å². The molecule has 1 saturated carbocycles. The van der Waals surface area contributed by atoms with Gasteiger partial charge in [0.25, 0.3) is 0 Å². The molecule has 0 atom stereocenters. The Morgan fingerprint density at radius 1 is 0.939 bits per heavy atom. The van der Waals surface area contributed by atoms with Crippen molar-refractivity contribution in [3.05, 3.63) is 77.0 Å². The molecule has 0 amide bonds. The maximum atomic E-state index is 13.1. The summed E-state index contributed by atoms with van der Waals surface area (Å²) in [6.07, 6.45) is 7.54. The van der Waals surface area contributed by atoms with Gasteiger partial charge in [0.2, 0.25) is 0 Å². The van der Waals surface area contributed by atoms with Gasteiger partial charge in [-0.25, -0.2) is 4.98 Å². The Kier molecular flexibility index (Phi) is 4.91. The highest BCUT2D eigenvalue weighted by atomic mass is 32.1. The van der Waals surface area contributed by atoms with Gasteiger partial charge in [-0.1, -0.05) is 73.3 Å². The van der Waals surface area contributed by atoms with Gasteiger partial charge in [-0.3, -0.25) is 9.59 Å².